The van der Waals surface area contributed by atoms with E-state index in [0.29, 0.717) is 17.9 Å². The molecule has 0 radical (unpaired) electrons. The van der Waals surface area contributed by atoms with Gasteiger partial charge in [-0.15, -0.1) is 0 Å². The number of non-ortho nitro benzene ring substituents is 1. The summed E-state index contributed by atoms with van der Waals surface area (Å²) in [5.41, 5.74) is 4.89. The Morgan fingerprint density at radius 2 is 1.66 bits per heavy atom. The zero-order valence-corrected chi connectivity index (χ0v) is 15.5. The fraction of sp³-hybridized carbons (Fsp3) is 0.0909. The van der Waals surface area contributed by atoms with Crippen LogP contribution in [0, 0.1) is 10.1 Å². The van der Waals surface area contributed by atoms with Crippen LogP contribution in [0.1, 0.15) is 16.7 Å². The van der Waals surface area contributed by atoms with Crippen molar-refractivity contribution in [2.24, 2.45) is 5.10 Å². The molecule has 0 saturated heterocycles. The Balaban J connectivity index is 1.55. The first-order valence-corrected chi connectivity index (χ1v) is 8.93. The lowest BCUT2D eigenvalue weighted by Gasteiger charge is -2.09. The predicted octanol–water partition coefficient (Wildman–Crippen LogP) is 3.87. The number of benzene rings is 3. The molecule has 0 aliphatic carbocycles. The quantitative estimate of drug-likeness (QED) is 0.359. The van der Waals surface area contributed by atoms with Crippen LogP contribution in [-0.4, -0.2) is 17.0 Å². The number of para-hydroxylation sites is 1. The van der Waals surface area contributed by atoms with E-state index in [2.05, 4.69) is 10.5 Å². The molecule has 29 heavy (non-hydrogen) atoms. The molecular weight excluding hydrogens is 370 g/mol. The topological polar surface area (TPSA) is 93.8 Å². The van der Waals surface area contributed by atoms with E-state index in [0.717, 1.165) is 11.1 Å². The molecule has 3 aromatic rings. The Hall–Kier alpha value is -4.00. The second kappa shape index (κ2) is 9.80. The van der Waals surface area contributed by atoms with Gasteiger partial charge in [0.15, 0.2) is 0 Å². The number of nitro groups is 1. The number of hydrogen-bond acceptors (Lipinski definition) is 5. The first-order chi connectivity index (χ1) is 14.1. The lowest BCUT2D eigenvalue weighted by Crippen LogP contribution is -2.19. The number of hydrogen-bond donors (Lipinski definition) is 1. The Morgan fingerprint density at radius 3 is 2.38 bits per heavy atom. The lowest BCUT2D eigenvalue weighted by atomic mass is 10.1. The van der Waals surface area contributed by atoms with Gasteiger partial charge in [0.1, 0.15) is 12.4 Å². The minimum absolute atomic E-state index is 0.0145. The molecule has 0 heterocycles. The van der Waals surface area contributed by atoms with E-state index in [4.69, 9.17) is 4.74 Å². The molecule has 0 aliphatic rings. The van der Waals surface area contributed by atoms with Gasteiger partial charge in [0, 0.05) is 17.7 Å². The van der Waals surface area contributed by atoms with E-state index >= 15 is 0 Å². The molecular formula is C22H19N3O4. The number of rotatable bonds is 8. The normalized spacial score (nSPS) is 10.6. The van der Waals surface area contributed by atoms with E-state index in [1.165, 1.54) is 18.3 Å². The number of carbonyl (C=O) groups is 1. The molecule has 7 heteroatoms. The minimum atomic E-state index is -0.481. The molecule has 3 aromatic carbocycles. The maximum Gasteiger partial charge on any atom is 0.269 e. The van der Waals surface area contributed by atoms with Crippen molar-refractivity contribution in [3.63, 3.8) is 0 Å². The van der Waals surface area contributed by atoms with Crippen LogP contribution in [0.2, 0.25) is 0 Å². The summed E-state index contributed by atoms with van der Waals surface area (Å²) in [6, 6.07) is 23.0. The van der Waals surface area contributed by atoms with E-state index in [1.54, 1.807) is 12.1 Å². The fourth-order valence-electron chi connectivity index (χ4n) is 2.59. The van der Waals surface area contributed by atoms with Crippen molar-refractivity contribution in [2.45, 2.75) is 13.0 Å². The van der Waals surface area contributed by atoms with Crippen LogP contribution in [0.3, 0.4) is 0 Å². The minimum Gasteiger partial charge on any atom is -0.488 e. The maximum atomic E-state index is 12.0. The molecule has 0 spiro atoms. The third kappa shape index (κ3) is 6.00. The monoisotopic (exact) mass is 389 g/mol. The lowest BCUT2D eigenvalue weighted by molar-refractivity contribution is -0.384. The van der Waals surface area contributed by atoms with Crippen molar-refractivity contribution in [1.82, 2.24) is 5.43 Å². The summed E-state index contributed by atoms with van der Waals surface area (Å²) in [4.78, 5) is 22.2. The number of nitrogens with one attached hydrogen (secondary N) is 1. The zero-order valence-electron chi connectivity index (χ0n) is 15.5. The second-order valence-corrected chi connectivity index (χ2v) is 6.21. The highest BCUT2D eigenvalue weighted by Gasteiger charge is 2.07. The average Bonchev–Trinajstić information content (AvgIpc) is 2.74. The number of ether oxygens (including phenoxy) is 1. The highest BCUT2D eigenvalue weighted by Crippen LogP contribution is 2.17. The molecule has 0 aliphatic heterocycles. The maximum absolute atomic E-state index is 12.0. The molecule has 0 unspecified atom stereocenters. The first kappa shape index (κ1) is 19.8. The van der Waals surface area contributed by atoms with Gasteiger partial charge < -0.3 is 4.74 Å². The summed E-state index contributed by atoms with van der Waals surface area (Å²) in [7, 11) is 0. The SMILES string of the molecule is O=C(Cc1ccc([N+](=O)[O-])cc1)NN=Cc1ccccc1OCc1ccccc1. The number of nitro benzene ring substituents is 1. The van der Waals surface area contributed by atoms with Gasteiger partial charge in [0.25, 0.3) is 5.69 Å². The summed E-state index contributed by atoms with van der Waals surface area (Å²) in [6.07, 6.45) is 1.59. The Morgan fingerprint density at radius 1 is 0.966 bits per heavy atom. The van der Waals surface area contributed by atoms with Gasteiger partial charge in [-0.1, -0.05) is 54.6 Å². The van der Waals surface area contributed by atoms with Crippen LogP contribution in [0.25, 0.3) is 0 Å². The zero-order chi connectivity index (χ0) is 20.5. The third-order valence-corrected chi connectivity index (χ3v) is 4.06. The van der Waals surface area contributed by atoms with E-state index < -0.39 is 4.92 Å². The largest absolute Gasteiger partial charge is 0.488 e. The van der Waals surface area contributed by atoms with Crippen LogP contribution in [0.5, 0.6) is 5.75 Å². The Labute approximate surface area is 167 Å². The highest BCUT2D eigenvalue weighted by atomic mass is 16.6. The molecule has 1 amide bonds. The summed E-state index contributed by atoms with van der Waals surface area (Å²) < 4.78 is 5.85. The molecule has 3 rings (SSSR count). The van der Waals surface area contributed by atoms with Gasteiger partial charge >= 0.3 is 0 Å². The standard InChI is InChI=1S/C22H19N3O4/c26-22(14-17-10-12-20(13-11-17)25(27)28)24-23-15-19-8-4-5-9-21(19)29-16-18-6-2-1-3-7-18/h1-13,15H,14,16H2,(H,24,26). The van der Waals surface area contributed by atoms with E-state index in [1.807, 2.05) is 54.6 Å². The van der Waals surface area contributed by atoms with Gasteiger partial charge in [0.2, 0.25) is 5.91 Å². The summed E-state index contributed by atoms with van der Waals surface area (Å²) in [5, 5.41) is 14.6. The molecule has 0 aromatic heterocycles. The third-order valence-electron chi connectivity index (χ3n) is 4.06. The van der Waals surface area contributed by atoms with Gasteiger partial charge in [-0.2, -0.15) is 5.10 Å². The molecule has 1 N–H and O–H groups in total. The average molecular weight is 389 g/mol. The second-order valence-electron chi connectivity index (χ2n) is 6.21. The molecule has 0 atom stereocenters. The van der Waals surface area contributed by atoms with Crippen molar-refractivity contribution in [2.75, 3.05) is 0 Å². The first-order valence-electron chi connectivity index (χ1n) is 8.93. The van der Waals surface area contributed by atoms with Crippen LogP contribution >= 0.6 is 0 Å². The van der Waals surface area contributed by atoms with E-state index in [-0.39, 0.29) is 18.0 Å². The summed E-state index contributed by atoms with van der Waals surface area (Å²) >= 11 is 0. The van der Waals surface area contributed by atoms with Crippen LogP contribution in [0.4, 0.5) is 5.69 Å². The van der Waals surface area contributed by atoms with Gasteiger partial charge in [0.05, 0.1) is 17.6 Å². The van der Waals surface area contributed by atoms with Crippen LogP contribution in [0.15, 0.2) is 84.0 Å². The van der Waals surface area contributed by atoms with Gasteiger partial charge in [-0.3, -0.25) is 14.9 Å². The van der Waals surface area contributed by atoms with Crippen molar-refractivity contribution in [3.8, 4) is 5.75 Å². The number of carbonyl (C=O) groups excluding carboxylic acids is 1. The molecule has 0 fully saturated rings. The molecule has 7 nitrogen and oxygen atoms in total. The summed E-state index contributed by atoms with van der Waals surface area (Å²) in [6.45, 7) is 0.429. The number of amides is 1. The predicted molar refractivity (Wildman–Crippen MR) is 110 cm³/mol. The van der Waals surface area contributed by atoms with Crippen molar-refractivity contribution in [1.29, 1.82) is 0 Å². The smallest absolute Gasteiger partial charge is 0.269 e. The number of nitrogens with zero attached hydrogens (tertiary/aromatic N) is 2. The van der Waals surface area contributed by atoms with E-state index in [9.17, 15) is 14.9 Å². The van der Waals surface area contributed by atoms with Crippen molar-refractivity contribution >= 4 is 17.8 Å². The molecule has 0 bridgehead atoms. The Bertz CT molecular complexity index is 1000. The molecule has 146 valence electrons. The van der Waals surface area contributed by atoms with Crippen LogP contribution in [-0.2, 0) is 17.8 Å². The molecule has 0 saturated carbocycles. The Kier molecular flexibility index (Phi) is 6.67. The van der Waals surface area contributed by atoms with Crippen LogP contribution < -0.4 is 10.2 Å². The fourth-order valence-corrected chi connectivity index (χ4v) is 2.59. The van der Waals surface area contributed by atoms with Gasteiger partial charge in [-0.05, 0) is 23.3 Å². The number of hydrazone groups is 1. The highest BCUT2D eigenvalue weighted by molar-refractivity contribution is 5.85. The van der Waals surface area contributed by atoms with Crippen molar-refractivity contribution in [3.05, 3.63) is 106 Å². The summed E-state index contributed by atoms with van der Waals surface area (Å²) in [5.74, 6) is 0.336. The van der Waals surface area contributed by atoms with Crippen molar-refractivity contribution < 1.29 is 14.5 Å². The van der Waals surface area contributed by atoms with Gasteiger partial charge in [-0.25, -0.2) is 5.43 Å².